The van der Waals surface area contributed by atoms with Crippen LogP contribution in [0.2, 0.25) is 0 Å². The second-order valence-electron chi connectivity index (χ2n) is 9.40. The Labute approximate surface area is 193 Å². The van der Waals surface area contributed by atoms with Gasteiger partial charge >= 0.3 is 6.03 Å². The van der Waals surface area contributed by atoms with E-state index in [0.29, 0.717) is 17.8 Å². The number of nitrogens with one attached hydrogen (secondary N) is 2. The van der Waals surface area contributed by atoms with Crippen LogP contribution in [0, 0.1) is 5.41 Å². The third-order valence-corrected chi connectivity index (χ3v) is 6.23. The van der Waals surface area contributed by atoms with Crippen molar-refractivity contribution < 1.29 is 14.0 Å². The minimum Gasteiger partial charge on any atom is -0.467 e. The van der Waals surface area contributed by atoms with Gasteiger partial charge < -0.3 is 15.1 Å². The first-order chi connectivity index (χ1) is 15.9. The largest absolute Gasteiger partial charge is 0.467 e. The van der Waals surface area contributed by atoms with Gasteiger partial charge in [0.05, 0.1) is 30.2 Å². The molecule has 0 saturated carbocycles. The minimum absolute atomic E-state index is 0.0687. The number of furan rings is 1. The van der Waals surface area contributed by atoms with Gasteiger partial charge in [-0.25, -0.2) is 4.79 Å². The van der Waals surface area contributed by atoms with Crippen LogP contribution in [0.5, 0.6) is 0 Å². The number of benzene rings is 2. The molecule has 0 radical (unpaired) electrons. The summed E-state index contributed by atoms with van der Waals surface area (Å²) in [6, 6.07) is 20.3. The molecule has 2 heterocycles. The van der Waals surface area contributed by atoms with E-state index in [9.17, 15) is 9.59 Å². The Morgan fingerprint density at radius 1 is 1.06 bits per heavy atom. The lowest BCUT2D eigenvalue weighted by atomic mass is 9.73. The number of anilines is 2. The third kappa shape index (κ3) is 4.04. The van der Waals surface area contributed by atoms with Crippen LogP contribution in [0.1, 0.15) is 44.1 Å². The Hall–Kier alpha value is -3.80. The molecule has 6 nitrogen and oxygen atoms in total. The molecule has 0 fully saturated rings. The van der Waals surface area contributed by atoms with Crippen molar-refractivity contribution >= 4 is 23.2 Å². The molecule has 1 atom stereocenters. The van der Waals surface area contributed by atoms with Crippen molar-refractivity contribution in [3.63, 3.8) is 0 Å². The number of rotatable bonds is 3. The molecule has 1 aromatic heterocycles. The minimum atomic E-state index is -0.544. The monoisotopic (exact) mass is 441 g/mol. The van der Waals surface area contributed by atoms with E-state index in [0.717, 1.165) is 29.1 Å². The van der Waals surface area contributed by atoms with Gasteiger partial charge in [-0.1, -0.05) is 56.3 Å². The number of hydrogen-bond acceptors (Lipinski definition) is 4. The molecule has 2 N–H and O–H groups in total. The molecule has 6 heteroatoms. The molecule has 1 unspecified atom stereocenters. The molecule has 0 spiro atoms. The lowest BCUT2D eigenvalue weighted by molar-refractivity contribution is -0.118. The summed E-state index contributed by atoms with van der Waals surface area (Å²) in [5, 5.41) is 6.50. The van der Waals surface area contributed by atoms with E-state index in [1.54, 1.807) is 17.2 Å². The molecule has 168 valence electrons. The number of allylic oxidation sites excluding steroid dienone is 1. The number of carbonyl (C=O) groups excluding carboxylic acids is 2. The van der Waals surface area contributed by atoms with Crippen LogP contribution >= 0.6 is 0 Å². The summed E-state index contributed by atoms with van der Waals surface area (Å²) in [7, 11) is 0. The van der Waals surface area contributed by atoms with Gasteiger partial charge in [0.25, 0.3) is 0 Å². The highest BCUT2D eigenvalue weighted by Gasteiger charge is 2.43. The SMILES string of the molecule is CC1(C)CC(=O)C2=C(C1)Nc1ccccc1N(C(=O)NCc1ccco1)C2c1ccccc1. The number of amides is 2. The quantitative estimate of drug-likeness (QED) is 0.538. The van der Waals surface area contributed by atoms with E-state index in [1.165, 1.54) is 0 Å². The van der Waals surface area contributed by atoms with Crippen molar-refractivity contribution in [3.8, 4) is 0 Å². The first-order valence-electron chi connectivity index (χ1n) is 11.2. The average molecular weight is 442 g/mol. The predicted molar refractivity (Wildman–Crippen MR) is 128 cm³/mol. The molecular weight excluding hydrogens is 414 g/mol. The smallest absolute Gasteiger partial charge is 0.323 e. The molecular formula is C27H27N3O3. The van der Waals surface area contributed by atoms with E-state index < -0.39 is 6.04 Å². The van der Waals surface area contributed by atoms with E-state index in [-0.39, 0.29) is 23.8 Å². The van der Waals surface area contributed by atoms with Gasteiger partial charge in [0.15, 0.2) is 5.78 Å². The number of nitrogens with zero attached hydrogens (tertiary/aromatic N) is 1. The number of para-hydroxylation sites is 2. The van der Waals surface area contributed by atoms with Crippen molar-refractivity contribution in [3.05, 3.63) is 95.6 Å². The first kappa shape index (κ1) is 21.1. The lowest BCUT2D eigenvalue weighted by Crippen LogP contribution is -2.44. The molecule has 33 heavy (non-hydrogen) atoms. The summed E-state index contributed by atoms with van der Waals surface area (Å²) >= 11 is 0. The van der Waals surface area contributed by atoms with Gasteiger partial charge in [0, 0.05) is 17.7 Å². The zero-order valence-corrected chi connectivity index (χ0v) is 18.8. The standard InChI is InChI=1S/C27H27N3O3/c1-27(2)15-21-24(23(31)16-27)25(18-9-4-3-5-10-18)30(22-13-7-6-12-20(22)29-21)26(32)28-17-19-11-8-14-33-19/h3-14,25,29H,15-17H2,1-2H3,(H,28,32). The third-order valence-electron chi connectivity index (χ3n) is 6.23. The molecule has 3 aromatic rings. The van der Waals surface area contributed by atoms with E-state index in [2.05, 4.69) is 24.5 Å². The fraction of sp³-hybridized carbons (Fsp3) is 0.259. The molecule has 2 aliphatic rings. The molecule has 1 aliphatic heterocycles. The number of Topliss-reactive ketones (excluding diaryl/α,β-unsaturated/α-hetero) is 1. The van der Waals surface area contributed by atoms with Gasteiger partial charge in [-0.2, -0.15) is 0 Å². The summed E-state index contributed by atoms with van der Waals surface area (Å²) in [5.74, 6) is 0.732. The highest BCUT2D eigenvalue weighted by molar-refractivity contribution is 6.06. The summed E-state index contributed by atoms with van der Waals surface area (Å²) < 4.78 is 5.39. The zero-order valence-electron chi connectivity index (χ0n) is 18.8. The molecule has 2 amide bonds. The Bertz CT molecular complexity index is 1210. The van der Waals surface area contributed by atoms with Crippen molar-refractivity contribution in [1.82, 2.24) is 5.32 Å². The number of carbonyl (C=O) groups is 2. The van der Waals surface area contributed by atoms with E-state index >= 15 is 0 Å². The van der Waals surface area contributed by atoms with Gasteiger partial charge in [0.2, 0.25) is 0 Å². The molecule has 0 bridgehead atoms. The second-order valence-corrected chi connectivity index (χ2v) is 9.40. The maximum atomic E-state index is 13.7. The van der Waals surface area contributed by atoms with Crippen LogP contribution in [-0.2, 0) is 11.3 Å². The number of urea groups is 1. The average Bonchev–Trinajstić information content (AvgIpc) is 3.26. The van der Waals surface area contributed by atoms with Crippen molar-refractivity contribution in [2.24, 2.45) is 5.41 Å². The highest BCUT2D eigenvalue weighted by Crippen LogP contribution is 2.48. The van der Waals surface area contributed by atoms with Crippen LogP contribution in [0.25, 0.3) is 0 Å². The maximum absolute atomic E-state index is 13.7. The highest BCUT2D eigenvalue weighted by atomic mass is 16.3. The topological polar surface area (TPSA) is 74.6 Å². The van der Waals surface area contributed by atoms with Crippen LogP contribution in [0.15, 0.2) is 88.7 Å². The normalized spacial score (nSPS) is 19.3. The van der Waals surface area contributed by atoms with Crippen LogP contribution in [0.4, 0.5) is 16.2 Å². The first-order valence-corrected chi connectivity index (χ1v) is 11.2. The summed E-state index contributed by atoms with van der Waals surface area (Å²) in [5.41, 5.74) is 3.81. The molecule has 0 saturated heterocycles. The van der Waals surface area contributed by atoms with Gasteiger partial charge in [-0.15, -0.1) is 0 Å². The van der Waals surface area contributed by atoms with Crippen LogP contribution in [0.3, 0.4) is 0 Å². The fourth-order valence-electron chi connectivity index (χ4n) is 4.82. The number of fused-ring (bicyclic) bond motifs is 1. The van der Waals surface area contributed by atoms with Crippen molar-refractivity contribution in [2.45, 2.75) is 39.3 Å². The molecule has 1 aliphatic carbocycles. The molecule has 2 aromatic carbocycles. The van der Waals surface area contributed by atoms with Crippen LogP contribution in [-0.4, -0.2) is 11.8 Å². The fourth-order valence-corrected chi connectivity index (χ4v) is 4.82. The Morgan fingerprint density at radius 3 is 2.58 bits per heavy atom. The van der Waals surface area contributed by atoms with Gasteiger partial charge in [-0.3, -0.25) is 9.69 Å². The number of hydrogen-bond donors (Lipinski definition) is 2. The Balaban J connectivity index is 1.66. The van der Waals surface area contributed by atoms with Gasteiger partial charge in [-0.05, 0) is 41.7 Å². The van der Waals surface area contributed by atoms with Crippen molar-refractivity contribution in [1.29, 1.82) is 0 Å². The summed E-state index contributed by atoms with van der Waals surface area (Å²) in [4.78, 5) is 29.0. The Morgan fingerprint density at radius 2 is 1.82 bits per heavy atom. The maximum Gasteiger partial charge on any atom is 0.323 e. The number of ketones is 1. The summed E-state index contributed by atoms with van der Waals surface area (Å²) in [6.07, 6.45) is 2.75. The van der Waals surface area contributed by atoms with E-state index in [4.69, 9.17) is 4.42 Å². The lowest BCUT2D eigenvalue weighted by Gasteiger charge is -2.37. The summed E-state index contributed by atoms with van der Waals surface area (Å²) in [6.45, 7) is 4.48. The Kier molecular flexibility index (Phi) is 5.29. The van der Waals surface area contributed by atoms with Crippen molar-refractivity contribution in [2.75, 3.05) is 10.2 Å². The zero-order chi connectivity index (χ0) is 23.0. The van der Waals surface area contributed by atoms with E-state index in [1.807, 2.05) is 60.7 Å². The predicted octanol–water partition coefficient (Wildman–Crippen LogP) is 5.81. The molecule has 5 rings (SSSR count). The van der Waals surface area contributed by atoms with Gasteiger partial charge in [0.1, 0.15) is 5.76 Å². The van der Waals surface area contributed by atoms with Crippen LogP contribution < -0.4 is 15.5 Å². The second kappa shape index (κ2) is 8.28.